The van der Waals surface area contributed by atoms with Gasteiger partial charge in [-0.2, -0.15) is 0 Å². The number of ketones is 1. The lowest BCUT2D eigenvalue weighted by atomic mass is 9.96. The Morgan fingerprint density at radius 1 is 1.05 bits per heavy atom. The molecule has 0 heterocycles. The van der Waals surface area contributed by atoms with Crippen LogP contribution in [0.2, 0.25) is 0 Å². The van der Waals surface area contributed by atoms with Gasteiger partial charge in [0.05, 0.1) is 7.11 Å². The van der Waals surface area contributed by atoms with Crippen molar-refractivity contribution in [2.75, 3.05) is 7.11 Å². The third kappa shape index (κ3) is 1.93. The van der Waals surface area contributed by atoms with Crippen molar-refractivity contribution in [1.82, 2.24) is 0 Å². The van der Waals surface area contributed by atoms with Crippen LogP contribution in [-0.4, -0.2) is 12.9 Å². The average molecular weight is 252 g/mol. The number of methoxy groups -OCH3 is 1. The topological polar surface area (TPSA) is 26.3 Å². The molecule has 1 unspecified atom stereocenters. The molecule has 96 valence electrons. The van der Waals surface area contributed by atoms with Gasteiger partial charge in [-0.25, -0.2) is 0 Å². The smallest absolute Gasteiger partial charge is 0.166 e. The summed E-state index contributed by atoms with van der Waals surface area (Å²) < 4.78 is 5.18. The summed E-state index contributed by atoms with van der Waals surface area (Å²) in [6.07, 6.45) is 0.844. The molecule has 0 saturated carbocycles. The monoisotopic (exact) mass is 252 g/mol. The lowest BCUT2D eigenvalue weighted by Crippen LogP contribution is -2.02. The van der Waals surface area contributed by atoms with E-state index in [-0.39, 0.29) is 11.7 Å². The molecule has 0 bridgehead atoms. The van der Waals surface area contributed by atoms with Gasteiger partial charge >= 0.3 is 0 Å². The highest BCUT2D eigenvalue weighted by molar-refractivity contribution is 6.03. The minimum Gasteiger partial charge on any atom is -0.497 e. The van der Waals surface area contributed by atoms with E-state index in [1.54, 1.807) is 7.11 Å². The first-order chi connectivity index (χ1) is 9.20. The summed E-state index contributed by atoms with van der Waals surface area (Å²) in [5.74, 6) is 1.22. The molecule has 2 nitrogen and oxygen atoms in total. The van der Waals surface area contributed by atoms with Crippen LogP contribution in [0.15, 0.2) is 42.5 Å². The highest BCUT2D eigenvalue weighted by atomic mass is 16.5. The molecule has 0 N–H and O–H groups in total. The van der Waals surface area contributed by atoms with E-state index in [9.17, 15) is 4.79 Å². The molecule has 0 saturated heterocycles. The fourth-order valence-electron chi connectivity index (χ4n) is 2.74. The van der Waals surface area contributed by atoms with Crippen molar-refractivity contribution in [3.63, 3.8) is 0 Å². The number of fused-ring (bicyclic) bond motifs is 1. The molecular formula is C17H16O2. The van der Waals surface area contributed by atoms with Crippen molar-refractivity contribution < 1.29 is 9.53 Å². The molecule has 1 aliphatic rings. The van der Waals surface area contributed by atoms with Gasteiger partial charge in [0.1, 0.15) is 5.75 Å². The van der Waals surface area contributed by atoms with Crippen molar-refractivity contribution in [2.45, 2.75) is 13.3 Å². The Bertz CT molecular complexity index is 626. The molecule has 0 aliphatic heterocycles. The van der Waals surface area contributed by atoms with Gasteiger partial charge in [-0.05, 0) is 35.2 Å². The van der Waals surface area contributed by atoms with E-state index >= 15 is 0 Å². The zero-order chi connectivity index (χ0) is 13.4. The van der Waals surface area contributed by atoms with Gasteiger partial charge in [0.25, 0.3) is 0 Å². The SMILES string of the molecule is COc1ccc(-c2cccc3c2CC(C)C3=O)cc1. The predicted molar refractivity (Wildman–Crippen MR) is 75.6 cm³/mol. The van der Waals surface area contributed by atoms with Crippen LogP contribution >= 0.6 is 0 Å². The minimum atomic E-state index is 0.106. The summed E-state index contributed by atoms with van der Waals surface area (Å²) in [7, 11) is 1.66. The second-order valence-electron chi connectivity index (χ2n) is 5.03. The second-order valence-corrected chi connectivity index (χ2v) is 5.03. The predicted octanol–water partition coefficient (Wildman–Crippen LogP) is 3.74. The zero-order valence-corrected chi connectivity index (χ0v) is 11.1. The highest BCUT2D eigenvalue weighted by Gasteiger charge is 2.28. The van der Waals surface area contributed by atoms with Crippen molar-refractivity contribution in [3.05, 3.63) is 53.6 Å². The quantitative estimate of drug-likeness (QED) is 0.814. The number of hydrogen-bond acceptors (Lipinski definition) is 2. The average Bonchev–Trinajstić information content (AvgIpc) is 2.75. The van der Waals surface area contributed by atoms with Gasteiger partial charge in [-0.3, -0.25) is 4.79 Å². The number of hydrogen-bond donors (Lipinski definition) is 0. The molecule has 1 aliphatic carbocycles. The van der Waals surface area contributed by atoms with E-state index in [2.05, 4.69) is 6.07 Å². The Balaban J connectivity index is 2.09. The number of carbonyl (C=O) groups excluding carboxylic acids is 1. The van der Waals surface area contributed by atoms with E-state index in [1.165, 1.54) is 5.56 Å². The maximum atomic E-state index is 12.1. The standard InChI is InChI=1S/C17H16O2/c1-11-10-16-14(4-3-5-15(16)17(11)18)12-6-8-13(19-2)9-7-12/h3-9,11H,10H2,1-2H3. The summed E-state index contributed by atoms with van der Waals surface area (Å²) in [5, 5.41) is 0. The number of carbonyl (C=O) groups is 1. The first kappa shape index (κ1) is 12.0. The maximum absolute atomic E-state index is 12.1. The first-order valence-electron chi connectivity index (χ1n) is 6.51. The van der Waals surface area contributed by atoms with Crippen molar-refractivity contribution in [2.24, 2.45) is 5.92 Å². The lowest BCUT2D eigenvalue weighted by molar-refractivity contribution is 0.0946. The molecule has 19 heavy (non-hydrogen) atoms. The third-order valence-corrected chi connectivity index (χ3v) is 3.80. The van der Waals surface area contributed by atoms with Gasteiger partial charge in [0.15, 0.2) is 5.78 Å². The number of Topliss-reactive ketones (excluding diaryl/α,β-unsaturated/α-hetero) is 1. The van der Waals surface area contributed by atoms with Crippen LogP contribution < -0.4 is 4.74 Å². The van der Waals surface area contributed by atoms with Crippen molar-refractivity contribution >= 4 is 5.78 Å². The molecule has 0 amide bonds. The van der Waals surface area contributed by atoms with E-state index in [1.807, 2.05) is 43.3 Å². The Morgan fingerprint density at radius 2 is 1.74 bits per heavy atom. The largest absolute Gasteiger partial charge is 0.497 e. The Morgan fingerprint density at radius 3 is 2.42 bits per heavy atom. The molecular weight excluding hydrogens is 236 g/mol. The zero-order valence-electron chi connectivity index (χ0n) is 11.1. The van der Waals surface area contributed by atoms with Crippen LogP contribution in [-0.2, 0) is 6.42 Å². The van der Waals surface area contributed by atoms with Crippen LogP contribution in [0.3, 0.4) is 0 Å². The van der Waals surface area contributed by atoms with E-state index < -0.39 is 0 Å². The molecule has 3 rings (SSSR count). The maximum Gasteiger partial charge on any atom is 0.166 e. The van der Waals surface area contributed by atoms with Crippen LogP contribution in [0.5, 0.6) is 5.75 Å². The lowest BCUT2D eigenvalue weighted by Gasteiger charge is -2.08. The molecule has 0 radical (unpaired) electrons. The molecule has 2 aromatic rings. The molecule has 0 aromatic heterocycles. The van der Waals surface area contributed by atoms with Crippen molar-refractivity contribution in [1.29, 1.82) is 0 Å². The van der Waals surface area contributed by atoms with Gasteiger partial charge in [0.2, 0.25) is 0 Å². The molecule has 2 heteroatoms. The highest BCUT2D eigenvalue weighted by Crippen LogP contribution is 2.35. The van der Waals surface area contributed by atoms with Gasteiger partial charge < -0.3 is 4.74 Å². The fraction of sp³-hybridized carbons (Fsp3) is 0.235. The third-order valence-electron chi connectivity index (χ3n) is 3.80. The van der Waals surface area contributed by atoms with Gasteiger partial charge in [0, 0.05) is 11.5 Å². The fourth-order valence-corrected chi connectivity index (χ4v) is 2.74. The summed E-state index contributed by atoms with van der Waals surface area (Å²) in [6.45, 7) is 2.00. The second kappa shape index (κ2) is 4.54. The van der Waals surface area contributed by atoms with E-state index in [0.717, 1.165) is 28.9 Å². The summed E-state index contributed by atoms with van der Waals surface area (Å²) in [6, 6.07) is 14.0. The Kier molecular flexibility index (Phi) is 2.86. The van der Waals surface area contributed by atoms with Crippen molar-refractivity contribution in [3.8, 4) is 16.9 Å². The molecule has 2 aromatic carbocycles. The molecule has 0 fully saturated rings. The van der Waals surface area contributed by atoms with Crippen LogP contribution in [0.1, 0.15) is 22.8 Å². The summed E-state index contributed by atoms with van der Waals surface area (Å²) >= 11 is 0. The van der Waals surface area contributed by atoms with Crippen LogP contribution in [0, 0.1) is 5.92 Å². The normalized spacial score (nSPS) is 17.4. The Hall–Kier alpha value is -2.09. The van der Waals surface area contributed by atoms with Crippen LogP contribution in [0.25, 0.3) is 11.1 Å². The Labute approximate surface area is 113 Å². The summed E-state index contributed by atoms with van der Waals surface area (Å²) in [4.78, 5) is 12.1. The minimum absolute atomic E-state index is 0.106. The number of ether oxygens (including phenoxy) is 1. The number of benzene rings is 2. The van der Waals surface area contributed by atoms with Crippen LogP contribution in [0.4, 0.5) is 0 Å². The molecule has 0 spiro atoms. The van der Waals surface area contributed by atoms with E-state index in [0.29, 0.717) is 0 Å². The number of rotatable bonds is 2. The van der Waals surface area contributed by atoms with Gasteiger partial charge in [-0.15, -0.1) is 0 Å². The molecule has 1 atom stereocenters. The summed E-state index contributed by atoms with van der Waals surface area (Å²) in [5.41, 5.74) is 4.38. The van der Waals surface area contributed by atoms with E-state index in [4.69, 9.17) is 4.74 Å². The first-order valence-corrected chi connectivity index (χ1v) is 6.51. The van der Waals surface area contributed by atoms with Gasteiger partial charge in [-0.1, -0.05) is 37.3 Å².